The SMILES string of the molecule is Cc1c(C#N)sc2ccc(NC(=O)OCC3c4ccccc4-c4ccccc43)cc12. The molecule has 30 heavy (non-hydrogen) atoms. The number of fused-ring (bicyclic) bond motifs is 4. The highest BCUT2D eigenvalue weighted by Crippen LogP contribution is 2.44. The van der Waals surface area contributed by atoms with Crippen LogP contribution in [0.5, 0.6) is 0 Å². The van der Waals surface area contributed by atoms with Gasteiger partial charge in [0.2, 0.25) is 0 Å². The summed E-state index contributed by atoms with van der Waals surface area (Å²) in [6, 6.07) is 24.4. The van der Waals surface area contributed by atoms with Crippen LogP contribution in [-0.2, 0) is 4.74 Å². The van der Waals surface area contributed by atoms with Gasteiger partial charge >= 0.3 is 6.09 Å². The summed E-state index contributed by atoms with van der Waals surface area (Å²) in [7, 11) is 0. The Morgan fingerprint density at radius 2 is 1.73 bits per heavy atom. The van der Waals surface area contributed by atoms with Crippen LogP contribution in [0.15, 0.2) is 66.7 Å². The first kappa shape index (κ1) is 18.4. The largest absolute Gasteiger partial charge is 0.448 e. The van der Waals surface area contributed by atoms with Crippen molar-refractivity contribution in [3.05, 3.63) is 88.3 Å². The molecule has 4 aromatic rings. The number of nitriles is 1. The number of anilines is 1. The Morgan fingerprint density at radius 3 is 2.40 bits per heavy atom. The van der Waals surface area contributed by atoms with Crippen LogP contribution in [0.4, 0.5) is 10.5 Å². The van der Waals surface area contributed by atoms with Gasteiger partial charge < -0.3 is 4.74 Å². The van der Waals surface area contributed by atoms with Crippen LogP contribution in [0, 0.1) is 18.3 Å². The topological polar surface area (TPSA) is 62.1 Å². The first-order valence-electron chi connectivity index (χ1n) is 9.71. The molecule has 0 unspecified atom stereocenters. The smallest absolute Gasteiger partial charge is 0.411 e. The van der Waals surface area contributed by atoms with E-state index in [1.165, 1.54) is 33.6 Å². The van der Waals surface area contributed by atoms with Crippen LogP contribution in [0.25, 0.3) is 21.2 Å². The minimum Gasteiger partial charge on any atom is -0.448 e. The van der Waals surface area contributed by atoms with Gasteiger partial charge in [0.05, 0.1) is 0 Å². The van der Waals surface area contributed by atoms with Crippen molar-refractivity contribution in [2.75, 3.05) is 11.9 Å². The summed E-state index contributed by atoms with van der Waals surface area (Å²) in [5.74, 6) is 0.0305. The standard InChI is InChI=1S/C25H18N2O2S/c1-15-21-12-16(10-11-23(21)30-24(15)13-26)27-25(28)29-14-22-19-8-4-2-6-17(19)18-7-3-5-9-20(18)22/h2-12,22H,14H2,1H3,(H,27,28). The van der Waals surface area contributed by atoms with E-state index in [1.54, 1.807) is 0 Å². The average Bonchev–Trinajstić information content (AvgIpc) is 3.27. The van der Waals surface area contributed by atoms with Gasteiger partial charge in [0.25, 0.3) is 0 Å². The highest BCUT2D eigenvalue weighted by molar-refractivity contribution is 7.19. The average molecular weight is 410 g/mol. The van der Waals surface area contributed by atoms with Crippen LogP contribution in [-0.4, -0.2) is 12.7 Å². The molecule has 1 N–H and O–H groups in total. The van der Waals surface area contributed by atoms with E-state index >= 15 is 0 Å². The molecular weight excluding hydrogens is 392 g/mol. The van der Waals surface area contributed by atoms with Crippen molar-refractivity contribution < 1.29 is 9.53 Å². The van der Waals surface area contributed by atoms with Crippen molar-refractivity contribution in [1.82, 2.24) is 0 Å². The van der Waals surface area contributed by atoms with Gasteiger partial charge in [0, 0.05) is 16.3 Å². The molecule has 0 aliphatic heterocycles. The summed E-state index contributed by atoms with van der Waals surface area (Å²) in [6.45, 7) is 2.20. The predicted molar refractivity (Wildman–Crippen MR) is 120 cm³/mol. The zero-order valence-electron chi connectivity index (χ0n) is 16.3. The molecule has 0 fully saturated rings. The molecule has 0 spiro atoms. The van der Waals surface area contributed by atoms with Gasteiger partial charge in [-0.1, -0.05) is 48.5 Å². The summed E-state index contributed by atoms with van der Waals surface area (Å²) >= 11 is 1.46. The van der Waals surface area contributed by atoms with Crippen molar-refractivity contribution in [3.63, 3.8) is 0 Å². The summed E-state index contributed by atoms with van der Waals surface area (Å²) in [4.78, 5) is 13.2. The number of benzene rings is 3. The van der Waals surface area contributed by atoms with E-state index < -0.39 is 6.09 Å². The Morgan fingerprint density at radius 1 is 1.07 bits per heavy atom. The third-order valence-electron chi connectivity index (χ3n) is 5.63. The van der Waals surface area contributed by atoms with E-state index in [0.717, 1.165) is 15.6 Å². The molecule has 5 rings (SSSR count). The van der Waals surface area contributed by atoms with Gasteiger partial charge in [-0.3, -0.25) is 5.32 Å². The number of rotatable bonds is 3. The number of carbonyl (C=O) groups is 1. The Kier molecular flexibility index (Phi) is 4.50. The molecule has 1 aliphatic carbocycles. The molecule has 1 heterocycles. The molecule has 4 nitrogen and oxygen atoms in total. The zero-order chi connectivity index (χ0) is 20.7. The van der Waals surface area contributed by atoms with Gasteiger partial charge in [-0.25, -0.2) is 4.79 Å². The molecule has 1 amide bonds. The van der Waals surface area contributed by atoms with E-state index in [1.807, 2.05) is 49.4 Å². The lowest BCUT2D eigenvalue weighted by molar-refractivity contribution is 0.158. The Labute approximate surface area is 178 Å². The van der Waals surface area contributed by atoms with Crippen molar-refractivity contribution in [2.45, 2.75) is 12.8 Å². The normalized spacial score (nSPS) is 12.3. The Bertz CT molecular complexity index is 1290. The number of nitrogens with zero attached hydrogens (tertiary/aromatic N) is 1. The summed E-state index contributed by atoms with van der Waals surface area (Å²) < 4.78 is 6.64. The first-order chi connectivity index (χ1) is 14.7. The molecule has 0 saturated heterocycles. The first-order valence-corrected chi connectivity index (χ1v) is 10.5. The van der Waals surface area contributed by atoms with Crippen LogP contribution in [0.1, 0.15) is 27.5 Å². The van der Waals surface area contributed by atoms with Crippen molar-refractivity contribution in [2.24, 2.45) is 0 Å². The number of hydrogen-bond acceptors (Lipinski definition) is 4. The maximum Gasteiger partial charge on any atom is 0.411 e. The second kappa shape index (κ2) is 7.33. The second-order valence-corrected chi connectivity index (χ2v) is 8.38. The number of hydrogen-bond donors (Lipinski definition) is 1. The monoisotopic (exact) mass is 410 g/mol. The highest BCUT2D eigenvalue weighted by atomic mass is 32.1. The van der Waals surface area contributed by atoms with Gasteiger partial charge in [-0.05, 0) is 58.3 Å². The van der Waals surface area contributed by atoms with Crippen molar-refractivity contribution >= 4 is 33.2 Å². The highest BCUT2D eigenvalue weighted by Gasteiger charge is 2.29. The molecule has 5 heteroatoms. The summed E-state index contributed by atoms with van der Waals surface area (Å²) in [5.41, 5.74) is 6.37. The fraction of sp³-hybridized carbons (Fsp3) is 0.120. The molecule has 3 aromatic carbocycles. The van der Waals surface area contributed by atoms with Crippen molar-refractivity contribution in [3.8, 4) is 17.2 Å². The zero-order valence-corrected chi connectivity index (χ0v) is 17.1. The van der Waals surface area contributed by atoms with Gasteiger partial charge in [0.1, 0.15) is 17.6 Å². The number of carbonyl (C=O) groups excluding carboxylic acids is 1. The van der Waals surface area contributed by atoms with E-state index in [-0.39, 0.29) is 12.5 Å². The van der Waals surface area contributed by atoms with E-state index in [2.05, 4.69) is 35.7 Å². The molecule has 0 saturated carbocycles. The predicted octanol–water partition coefficient (Wildman–Crippen LogP) is 6.44. The van der Waals surface area contributed by atoms with Crippen LogP contribution in [0.2, 0.25) is 0 Å². The molecule has 0 atom stereocenters. The van der Waals surface area contributed by atoms with Crippen LogP contribution in [0.3, 0.4) is 0 Å². The number of ether oxygens (including phenoxy) is 1. The quantitative estimate of drug-likeness (QED) is 0.423. The molecule has 0 bridgehead atoms. The van der Waals surface area contributed by atoms with E-state index in [0.29, 0.717) is 10.6 Å². The maximum atomic E-state index is 12.5. The fourth-order valence-electron chi connectivity index (χ4n) is 4.16. The van der Waals surface area contributed by atoms with Crippen LogP contribution >= 0.6 is 11.3 Å². The number of thiophene rings is 1. The number of amides is 1. The lowest BCUT2D eigenvalue weighted by Crippen LogP contribution is -2.17. The summed E-state index contributed by atoms with van der Waals surface area (Å²) in [5, 5.41) is 13.0. The Hall–Kier alpha value is -3.62. The molecule has 146 valence electrons. The van der Waals surface area contributed by atoms with Gasteiger partial charge in [-0.2, -0.15) is 5.26 Å². The third-order valence-corrected chi connectivity index (χ3v) is 6.81. The van der Waals surface area contributed by atoms with Crippen molar-refractivity contribution in [1.29, 1.82) is 5.26 Å². The molecule has 1 aromatic heterocycles. The number of nitrogens with one attached hydrogen (secondary N) is 1. The van der Waals surface area contributed by atoms with Gasteiger partial charge in [-0.15, -0.1) is 11.3 Å². The fourth-order valence-corrected chi connectivity index (χ4v) is 5.14. The lowest BCUT2D eigenvalue weighted by Gasteiger charge is -2.14. The molecule has 0 radical (unpaired) electrons. The number of aryl methyl sites for hydroxylation is 1. The van der Waals surface area contributed by atoms with Gasteiger partial charge in [0.15, 0.2) is 0 Å². The Balaban J connectivity index is 1.33. The molecular formula is C25H18N2O2S. The third kappa shape index (κ3) is 3.02. The van der Waals surface area contributed by atoms with E-state index in [4.69, 9.17) is 4.74 Å². The lowest BCUT2D eigenvalue weighted by atomic mass is 9.98. The second-order valence-electron chi connectivity index (χ2n) is 7.33. The molecule has 1 aliphatic rings. The van der Waals surface area contributed by atoms with E-state index in [9.17, 15) is 10.1 Å². The minimum atomic E-state index is -0.482. The summed E-state index contributed by atoms with van der Waals surface area (Å²) in [6.07, 6.45) is -0.482. The maximum absolute atomic E-state index is 12.5. The van der Waals surface area contributed by atoms with Crippen LogP contribution < -0.4 is 5.32 Å². The minimum absolute atomic E-state index is 0.0305.